The van der Waals surface area contributed by atoms with Gasteiger partial charge in [0.15, 0.2) is 5.78 Å². The predicted octanol–water partition coefficient (Wildman–Crippen LogP) is 2.26. The van der Waals surface area contributed by atoms with Gasteiger partial charge in [0, 0.05) is 18.8 Å². The van der Waals surface area contributed by atoms with E-state index in [4.69, 9.17) is 0 Å². The van der Waals surface area contributed by atoms with Crippen LogP contribution in [0, 0.1) is 13.8 Å². The number of aryl methyl sites for hydroxylation is 3. The van der Waals surface area contributed by atoms with Gasteiger partial charge in [-0.15, -0.1) is 0 Å². The molecule has 0 atom stereocenters. The van der Waals surface area contributed by atoms with Gasteiger partial charge in [0.1, 0.15) is 11.4 Å². The molecule has 7 nitrogen and oxygen atoms in total. The Bertz CT molecular complexity index is 1340. The predicted molar refractivity (Wildman–Crippen MR) is 106 cm³/mol. The number of aromatic amines is 1. The zero-order valence-corrected chi connectivity index (χ0v) is 15.7. The average Bonchev–Trinajstić information content (AvgIpc) is 3.01. The number of carbonyl (C=O) groups excluding carboxylic acids is 1. The average molecular weight is 374 g/mol. The molecule has 0 saturated carbocycles. The SMILES string of the molecule is Cc1ccc(-n2c(C)nc3ccc(C(=O)c4c[nH]n(C)c4=O)cc3c2=O)cc1. The third-order valence-electron chi connectivity index (χ3n) is 4.77. The van der Waals surface area contributed by atoms with E-state index in [1.807, 2.05) is 31.2 Å². The van der Waals surface area contributed by atoms with Gasteiger partial charge in [-0.25, -0.2) is 4.98 Å². The van der Waals surface area contributed by atoms with Crippen molar-refractivity contribution in [2.75, 3.05) is 0 Å². The van der Waals surface area contributed by atoms with E-state index in [9.17, 15) is 14.4 Å². The molecule has 1 N–H and O–H groups in total. The normalized spacial score (nSPS) is 11.1. The Hall–Kier alpha value is -3.74. The number of nitrogens with zero attached hydrogens (tertiary/aromatic N) is 3. The Labute approximate surface area is 159 Å². The minimum atomic E-state index is -0.439. The van der Waals surface area contributed by atoms with Crippen LogP contribution in [0.4, 0.5) is 0 Å². The number of aromatic nitrogens is 4. The van der Waals surface area contributed by atoms with Crippen LogP contribution in [0.3, 0.4) is 0 Å². The number of carbonyl (C=O) groups is 1. The zero-order chi connectivity index (χ0) is 20.0. The summed E-state index contributed by atoms with van der Waals surface area (Å²) < 4.78 is 2.74. The molecule has 0 aliphatic rings. The first kappa shape index (κ1) is 17.7. The van der Waals surface area contributed by atoms with E-state index in [-0.39, 0.29) is 16.7 Å². The maximum atomic E-state index is 13.2. The summed E-state index contributed by atoms with van der Waals surface area (Å²) in [6, 6.07) is 12.3. The fourth-order valence-electron chi connectivity index (χ4n) is 3.22. The van der Waals surface area contributed by atoms with Crippen LogP contribution in [0.2, 0.25) is 0 Å². The van der Waals surface area contributed by atoms with Crippen molar-refractivity contribution in [1.29, 1.82) is 0 Å². The highest BCUT2D eigenvalue weighted by Gasteiger charge is 2.17. The number of ketones is 1. The van der Waals surface area contributed by atoms with Crippen LogP contribution in [0.25, 0.3) is 16.6 Å². The van der Waals surface area contributed by atoms with Gasteiger partial charge in [-0.2, -0.15) is 0 Å². The van der Waals surface area contributed by atoms with Gasteiger partial charge in [0.2, 0.25) is 0 Å². The number of nitrogens with one attached hydrogen (secondary N) is 1. The molecule has 0 spiro atoms. The quantitative estimate of drug-likeness (QED) is 0.557. The molecule has 0 radical (unpaired) electrons. The van der Waals surface area contributed by atoms with Gasteiger partial charge in [-0.1, -0.05) is 17.7 Å². The van der Waals surface area contributed by atoms with Crippen LogP contribution in [-0.2, 0) is 7.05 Å². The second kappa shape index (κ2) is 6.45. The Kier molecular flexibility index (Phi) is 4.07. The van der Waals surface area contributed by atoms with Crippen molar-refractivity contribution in [2.45, 2.75) is 13.8 Å². The lowest BCUT2D eigenvalue weighted by Gasteiger charge is -2.11. The molecular formula is C21H18N4O3. The lowest BCUT2D eigenvalue weighted by Crippen LogP contribution is -2.23. The Balaban J connectivity index is 1.91. The van der Waals surface area contributed by atoms with Crippen molar-refractivity contribution in [2.24, 2.45) is 7.05 Å². The summed E-state index contributed by atoms with van der Waals surface area (Å²) in [6.07, 6.45) is 1.37. The minimum absolute atomic E-state index is 0.0285. The van der Waals surface area contributed by atoms with Gasteiger partial charge in [0.05, 0.1) is 16.6 Å². The number of hydrogen-bond acceptors (Lipinski definition) is 4. The van der Waals surface area contributed by atoms with Crippen molar-refractivity contribution in [3.8, 4) is 5.69 Å². The van der Waals surface area contributed by atoms with Crippen LogP contribution in [0.15, 0.2) is 58.3 Å². The minimum Gasteiger partial charge on any atom is -0.302 e. The summed E-state index contributed by atoms with van der Waals surface area (Å²) in [5.41, 5.74) is 1.92. The van der Waals surface area contributed by atoms with Gasteiger partial charge < -0.3 is 5.10 Å². The van der Waals surface area contributed by atoms with Gasteiger partial charge >= 0.3 is 0 Å². The second-order valence-electron chi connectivity index (χ2n) is 6.75. The lowest BCUT2D eigenvalue weighted by molar-refractivity contribution is 0.103. The van der Waals surface area contributed by atoms with Crippen molar-refractivity contribution in [1.82, 2.24) is 19.3 Å². The van der Waals surface area contributed by atoms with Crippen molar-refractivity contribution in [3.05, 3.63) is 91.9 Å². The molecule has 4 rings (SSSR count). The van der Waals surface area contributed by atoms with E-state index in [2.05, 4.69) is 10.1 Å². The number of rotatable bonds is 3. The highest BCUT2D eigenvalue weighted by Crippen LogP contribution is 2.16. The highest BCUT2D eigenvalue weighted by molar-refractivity contribution is 6.10. The first-order valence-corrected chi connectivity index (χ1v) is 8.76. The zero-order valence-electron chi connectivity index (χ0n) is 15.7. The molecule has 0 fully saturated rings. The molecule has 0 saturated heterocycles. The van der Waals surface area contributed by atoms with Gasteiger partial charge in [-0.3, -0.25) is 23.6 Å². The van der Waals surface area contributed by atoms with E-state index in [1.165, 1.54) is 28.6 Å². The largest absolute Gasteiger partial charge is 0.302 e. The summed E-state index contributed by atoms with van der Waals surface area (Å²) >= 11 is 0. The number of benzene rings is 2. The smallest absolute Gasteiger partial charge is 0.277 e. The van der Waals surface area contributed by atoms with E-state index < -0.39 is 11.3 Å². The fraction of sp³-hybridized carbons (Fsp3) is 0.143. The third-order valence-corrected chi connectivity index (χ3v) is 4.77. The standard InChI is InChI=1S/C21H18N4O3/c1-12-4-7-15(8-5-12)25-13(2)23-18-9-6-14(10-16(18)21(25)28)19(26)17-11-22-24(3)20(17)27/h4-11,22H,1-3H3. The molecule has 28 heavy (non-hydrogen) atoms. The molecule has 0 aliphatic carbocycles. The van der Waals surface area contributed by atoms with Crippen LogP contribution in [-0.4, -0.2) is 25.1 Å². The van der Waals surface area contributed by atoms with Gasteiger partial charge in [-0.05, 0) is 44.2 Å². The van der Waals surface area contributed by atoms with E-state index in [1.54, 1.807) is 19.1 Å². The Morgan fingerprint density at radius 3 is 2.36 bits per heavy atom. The molecule has 7 heteroatoms. The molecule has 0 aliphatic heterocycles. The highest BCUT2D eigenvalue weighted by atomic mass is 16.2. The van der Waals surface area contributed by atoms with Crippen LogP contribution >= 0.6 is 0 Å². The van der Waals surface area contributed by atoms with Crippen LogP contribution in [0.5, 0.6) is 0 Å². The molecule has 2 heterocycles. The molecule has 0 bridgehead atoms. The Morgan fingerprint density at radius 1 is 1.00 bits per heavy atom. The molecular weight excluding hydrogens is 356 g/mol. The third kappa shape index (κ3) is 2.77. The molecule has 140 valence electrons. The summed E-state index contributed by atoms with van der Waals surface area (Å²) in [7, 11) is 1.53. The maximum absolute atomic E-state index is 13.2. The molecule has 0 amide bonds. The van der Waals surface area contributed by atoms with Gasteiger partial charge in [0.25, 0.3) is 11.1 Å². The van der Waals surface area contributed by atoms with Crippen molar-refractivity contribution in [3.63, 3.8) is 0 Å². The molecule has 4 aromatic rings. The van der Waals surface area contributed by atoms with Crippen LogP contribution in [0.1, 0.15) is 27.3 Å². The van der Waals surface area contributed by atoms with E-state index >= 15 is 0 Å². The first-order chi connectivity index (χ1) is 13.4. The topological polar surface area (TPSA) is 89.8 Å². The maximum Gasteiger partial charge on any atom is 0.277 e. The lowest BCUT2D eigenvalue weighted by atomic mass is 10.0. The van der Waals surface area contributed by atoms with E-state index in [0.29, 0.717) is 22.4 Å². The summed E-state index contributed by atoms with van der Waals surface area (Å²) in [5.74, 6) is 0.116. The summed E-state index contributed by atoms with van der Waals surface area (Å²) in [5, 5.41) is 3.01. The Morgan fingerprint density at radius 2 is 1.71 bits per heavy atom. The molecule has 0 unspecified atom stereocenters. The summed E-state index contributed by atoms with van der Waals surface area (Å²) in [6.45, 7) is 3.74. The monoisotopic (exact) mass is 374 g/mol. The number of hydrogen-bond donors (Lipinski definition) is 1. The van der Waals surface area contributed by atoms with Crippen molar-refractivity contribution < 1.29 is 4.79 Å². The van der Waals surface area contributed by atoms with Crippen LogP contribution < -0.4 is 11.1 Å². The number of H-pyrrole nitrogens is 1. The van der Waals surface area contributed by atoms with E-state index in [0.717, 1.165) is 5.56 Å². The number of fused-ring (bicyclic) bond motifs is 1. The first-order valence-electron chi connectivity index (χ1n) is 8.76. The fourth-order valence-corrected chi connectivity index (χ4v) is 3.22. The van der Waals surface area contributed by atoms with Crippen molar-refractivity contribution >= 4 is 16.7 Å². The molecule has 2 aromatic carbocycles. The summed E-state index contributed by atoms with van der Waals surface area (Å²) in [4.78, 5) is 42.5. The molecule has 2 aromatic heterocycles. The second-order valence-corrected chi connectivity index (χ2v) is 6.75.